The van der Waals surface area contributed by atoms with E-state index in [4.69, 9.17) is 10.6 Å². The number of nitro groups is 1. The number of nitrogens with zero attached hydrogens (tertiary/aromatic N) is 1. The molecule has 1 aromatic rings. The Balaban J connectivity index is 3.06. The lowest BCUT2D eigenvalue weighted by Crippen LogP contribution is -2.20. The lowest BCUT2D eigenvalue weighted by atomic mass is 10.2. The maximum atomic E-state index is 10.5. The molecule has 0 bridgehead atoms. The minimum Gasteiger partial charge on any atom is -0.496 e. The van der Waals surface area contributed by atoms with Crippen molar-refractivity contribution in [2.24, 2.45) is 5.84 Å². The van der Waals surface area contributed by atoms with Gasteiger partial charge in [0.2, 0.25) is 0 Å². The number of hydrogen-bond donors (Lipinski definition) is 2. The van der Waals surface area contributed by atoms with E-state index in [1.54, 1.807) is 6.07 Å². The first-order chi connectivity index (χ1) is 6.67. The lowest BCUT2D eigenvalue weighted by Gasteiger charge is -2.03. The summed E-state index contributed by atoms with van der Waals surface area (Å²) in [6.07, 6.45) is 0. The van der Waals surface area contributed by atoms with Crippen molar-refractivity contribution < 1.29 is 9.66 Å². The fraction of sp³-hybridized carbons (Fsp3) is 0.250. The van der Waals surface area contributed by atoms with Crippen molar-refractivity contribution in [3.05, 3.63) is 33.9 Å². The first kappa shape index (κ1) is 10.4. The van der Waals surface area contributed by atoms with Crippen molar-refractivity contribution in [2.75, 3.05) is 7.11 Å². The minimum atomic E-state index is -0.470. The Morgan fingerprint density at radius 2 is 2.29 bits per heavy atom. The van der Waals surface area contributed by atoms with Crippen LogP contribution in [0.25, 0.3) is 0 Å². The molecule has 14 heavy (non-hydrogen) atoms. The Kier molecular flexibility index (Phi) is 3.38. The largest absolute Gasteiger partial charge is 0.496 e. The van der Waals surface area contributed by atoms with Crippen LogP contribution in [0.4, 0.5) is 5.69 Å². The van der Waals surface area contributed by atoms with Crippen LogP contribution in [0.3, 0.4) is 0 Å². The highest BCUT2D eigenvalue weighted by Crippen LogP contribution is 2.22. The topological polar surface area (TPSA) is 90.4 Å². The molecule has 3 N–H and O–H groups in total. The lowest BCUT2D eigenvalue weighted by molar-refractivity contribution is -0.385. The van der Waals surface area contributed by atoms with Gasteiger partial charge >= 0.3 is 0 Å². The summed E-state index contributed by atoms with van der Waals surface area (Å²) in [6, 6.07) is 4.50. The van der Waals surface area contributed by atoms with Crippen molar-refractivity contribution in [1.82, 2.24) is 5.43 Å². The quantitative estimate of drug-likeness (QED) is 0.418. The van der Waals surface area contributed by atoms with Crippen LogP contribution >= 0.6 is 0 Å². The zero-order valence-electron chi connectivity index (χ0n) is 7.69. The molecule has 0 aliphatic heterocycles. The van der Waals surface area contributed by atoms with Gasteiger partial charge < -0.3 is 4.74 Å². The fourth-order valence-electron chi connectivity index (χ4n) is 1.09. The van der Waals surface area contributed by atoms with Crippen molar-refractivity contribution in [3.8, 4) is 5.75 Å². The van der Waals surface area contributed by atoms with Gasteiger partial charge in [0, 0.05) is 12.6 Å². The van der Waals surface area contributed by atoms with Crippen LogP contribution in [-0.2, 0) is 6.54 Å². The van der Waals surface area contributed by atoms with Crippen molar-refractivity contribution in [2.45, 2.75) is 6.54 Å². The summed E-state index contributed by atoms with van der Waals surface area (Å²) in [5.74, 6) is 5.57. The molecule has 6 heteroatoms. The normalized spacial score (nSPS) is 9.86. The third-order valence-corrected chi connectivity index (χ3v) is 1.70. The average Bonchev–Trinajstić information content (AvgIpc) is 2.17. The Labute approximate surface area is 80.8 Å². The van der Waals surface area contributed by atoms with E-state index < -0.39 is 4.92 Å². The Hall–Kier alpha value is -1.66. The molecule has 0 radical (unpaired) electrons. The third-order valence-electron chi connectivity index (χ3n) is 1.70. The zero-order valence-corrected chi connectivity index (χ0v) is 7.69. The molecule has 0 aromatic heterocycles. The summed E-state index contributed by atoms with van der Waals surface area (Å²) in [7, 11) is 1.46. The van der Waals surface area contributed by atoms with E-state index in [0.29, 0.717) is 17.9 Å². The predicted molar refractivity (Wildman–Crippen MR) is 50.7 cm³/mol. The van der Waals surface area contributed by atoms with Crippen LogP contribution in [0.2, 0.25) is 0 Å². The van der Waals surface area contributed by atoms with Gasteiger partial charge in [0.15, 0.2) is 0 Å². The van der Waals surface area contributed by atoms with Crippen LogP contribution in [0.5, 0.6) is 5.75 Å². The highest BCUT2D eigenvalue weighted by Gasteiger charge is 2.09. The number of rotatable bonds is 4. The van der Waals surface area contributed by atoms with Crippen LogP contribution in [0.1, 0.15) is 5.56 Å². The van der Waals surface area contributed by atoms with Gasteiger partial charge in [-0.2, -0.15) is 0 Å². The summed E-state index contributed by atoms with van der Waals surface area (Å²) in [5, 5.41) is 10.5. The van der Waals surface area contributed by atoms with E-state index in [2.05, 4.69) is 5.43 Å². The molecule has 0 fully saturated rings. The van der Waals surface area contributed by atoms with E-state index in [0.717, 1.165) is 0 Å². The van der Waals surface area contributed by atoms with E-state index in [-0.39, 0.29) is 5.69 Å². The molecule has 0 saturated heterocycles. The first-order valence-electron chi connectivity index (χ1n) is 3.93. The molecule has 0 aliphatic rings. The van der Waals surface area contributed by atoms with Gasteiger partial charge in [-0.05, 0) is 11.6 Å². The zero-order chi connectivity index (χ0) is 10.6. The number of hydrogen-bond acceptors (Lipinski definition) is 5. The van der Waals surface area contributed by atoms with E-state index in [9.17, 15) is 10.1 Å². The smallest absolute Gasteiger partial charge is 0.273 e. The molecule has 0 heterocycles. The summed E-state index contributed by atoms with van der Waals surface area (Å²) < 4.78 is 4.92. The molecule has 0 aliphatic carbocycles. The number of nitrogens with one attached hydrogen (secondary N) is 1. The van der Waals surface area contributed by atoms with Gasteiger partial charge in [0.05, 0.1) is 18.1 Å². The molecule has 76 valence electrons. The number of nitrogens with two attached hydrogens (primary N) is 1. The SMILES string of the molecule is COc1cc(CNN)cc([N+](=O)[O-])c1. The van der Waals surface area contributed by atoms with E-state index in [1.807, 2.05) is 0 Å². The molecule has 0 unspecified atom stereocenters. The van der Waals surface area contributed by atoms with Crippen LogP contribution in [0.15, 0.2) is 18.2 Å². The molecule has 0 amide bonds. The summed E-state index contributed by atoms with van der Waals surface area (Å²) in [6.45, 7) is 0.359. The van der Waals surface area contributed by atoms with E-state index >= 15 is 0 Å². The van der Waals surface area contributed by atoms with Gasteiger partial charge in [0.25, 0.3) is 5.69 Å². The van der Waals surface area contributed by atoms with Gasteiger partial charge in [-0.15, -0.1) is 0 Å². The van der Waals surface area contributed by atoms with Crippen molar-refractivity contribution in [1.29, 1.82) is 0 Å². The average molecular weight is 197 g/mol. The fourth-order valence-corrected chi connectivity index (χ4v) is 1.09. The number of hydrazine groups is 1. The first-order valence-corrected chi connectivity index (χ1v) is 3.93. The number of nitro benzene ring substituents is 1. The monoisotopic (exact) mass is 197 g/mol. The standard InChI is InChI=1S/C8H11N3O3/c1-14-8-3-6(5-10-9)2-7(4-8)11(12)13/h2-4,10H,5,9H2,1H3. The molecule has 1 aromatic carbocycles. The summed E-state index contributed by atoms with van der Waals surface area (Å²) in [4.78, 5) is 10.1. The van der Waals surface area contributed by atoms with Crippen molar-refractivity contribution in [3.63, 3.8) is 0 Å². The highest BCUT2D eigenvalue weighted by atomic mass is 16.6. The number of methoxy groups -OCH3 is 1. The molecule has 0 atom stereocenters. The Morgan fingerprint density at radius 1 is 1.57 bits per heavy atom. The molecule has 0 spiro atoms. The minimum absolute atomic E-state index is 0.00500. The van der Waals surface area contributed by atoms with Crippen LogP contribution in [0, 0.1) is 10.1 Å². The maximum Gasteiger partial charge on any atom is 0.273 e. The number of non-ortho nitro benzene ring substituents is 1. The highest BCUT2D eigenvalue weighted by molar-refractivity contribution is 5.42. The third kappa shape index (κ3) is 2.41. The molecule has 1 rings (SSSR count). The second-order valence-corrected chi connectivity index (χ2v) is 2.68. The molecular weight excluding hydrogens is 186 g/mol. The number of benzene rings is 1. The maximum absolute atomic E-state index is 10.5. The second-order valence-electron chi connectivity index (χ2n) is 2.68. The Bertz CT molecular complexity index is 341. The van der Waals surface area contributed by atoms with Crippen LogP contribution < -0.4 is 16.0 Å². The van der Waals surface area contributed by atoms with E-state index in [1.165, 1.54) is 19.2 Å². The second kappa shape index (κ2) is 4.54. The van der Waals surface area contributed by atoms with Gasteiger partial charge in [-0.25, -0.2) is 0 Å². The van der Waals surface area contributed by atoms with Crippen LogP contribution in [-0.4, -0.2) is 12.0 Å². The van der Waals surface area contributed by atoms with Gasteiger partial charge in [0.1, 0.15) is 5.75 Å². The van der Waals surface area contributed by atoms with Gasteiger partial charge in [-0.3, -0.25) is 21.4 Å². The predicted octanol–water partition coefficient (Wildman–Crippen LogP) is 0.567. The molecular formula is C8H11N3O3. The molecule has 6 nitrogen and oxygen atoms in total. The molecule has 0 saturated carbocycles. The Morgan fingerprint density at radius 3 is 2.79 bits per heavy atom. The van der Waals surface area contributed by atoms with Gasteiger partial charge in [-0.1, -0.05) is 0 Å². The summed E-state index contributed by atoms with van der Waals surface area (Å²) in [5.41, 5.74) is 3.13. The number of ether oxygens (including phenoxy) is 1. The van der Waals surface area contributed by atoms with Crippen molar-refractivity contribution >= 4 is 5.69 Å². The summed E-state index contributed by atoms with van der Waals surface area (Å²) >= 11 is 0.